The molecular weight excluding hydrogens is 282 g/mol. The summed E-state index contributed by atoms with van der Waals surface area (Å²) in [7, 11) is 4.04. The van der Waals surface area contributed by atoms with Gasteiger partial charge >= 0.3 is 5.97 Å². The smallest absolute Gasteiger partial charge is 0.338 e. The Morgan fingerprint density at radius 1 is 1.36 bits per heavy atom. The summed E-state index contributed by atoms with van der Waals surface area (Å²) in [5.74, 6) is -0.106. The zero-order chi connectivity index (χ0) is 16.1. The lowest BCUT2D eigenvalue weighted by atomic mass is 9.87. The van der Waals surface area contributed by atoms with E-state index in [4.69, 9.17) is 9.47 Å². The SMILES string of the molecule is C[C@H]1[C@H](CO)O[C@H](COC(=O)c2ccccc2)C[C@@H]1N(C)C. The number of carbonyl (C=O) groups excluding carboxylic acids is 1. The van der Waals surface area contributed by atoms with Gasteiger partial charge in [0.2, 0.25) is 0 Å². The van der Waals surface area contributed by atoms with Crippen molar-refractivity contribution < 1.29 is 19.4 Å². The molecule has 0 saturated carbocycles. The van der Waals surface area contributed by atoms with Gasteiger partial charge in [-0.25, -0.2) is 4.79 Å². The highest BCUT2D eigenvalue weighted by Crippen LogP contribution is 2.28. The number of aliphatic hydroxyl groups excluding tert-OH is 1. The molecule has 1 N–H and O–H groups in total. The van der Waals surface area contributed by atoms with Gasteiger partial charge in [0.05, 0.1) is 24.4 Å². The minimum atomic E-state index is -0.343. The average Bonchev–Trinajstić information content (AvgIpc) is 2.54. The number of ether oxygens (including phenoxy) is 2. The van der Waals surface area contributed by atoms with Crippen molar-refractivity contribution in [3.63, 3.8) is 0 Å². The molecule has 5 nitrogen and oxygen atoms in total. The number of benzene rings is 1. The van der Waals surface area contributed by atoms with Gasteiger partial charge in [-0.2, -0.15) is 0 Å². The highest BCUT2D eigenvalue weighted by atomic mass is 16.6. The maximum atomic E-state index is 12.0. The van der Waals surface area contributed by atoms with Crippen LogP contribution in [0.15, 0.2) is 30.3 Å². The third-order valence-electron chi connectivity index (χ3n) is 4.32. The second-order valence-electron chi connectivity index (χ2n) is 6.07. The first-order valence-electron chi connectivity index (χ1n) is 7.67. The van der Waals surface area contributed by atoms with Crippen molar-refractivity contribution >= 4 is 5.97 Å². The lowest BCUT2D eigenvalue weighted by molar-refractivity contribution is -0.139. The second kappa shape index (κ2) is 7.72. The van der Waals surface area contributed by atoms with Gasteiger partial charge in [-0.05, 0) is 32.6 Å². The summed E-state index contributed by atoms with van der Waals surface area (Å²) in [6.07, 6.45) is 0.377. The quantitative estimate of drug-likeness (QED) is 0.837. The topological polar surface area (TPSA) is 59.0 Å². The van der Waals surface area contributed by atoms with Crippen molar-refractivity contribution in [1.82, 2.24) is 4.90 Å². The Hall–Kier alpha value is -1.43. The van der Waals surface area contributed by atoms with Gasteiger partial charge in [-0.3, -0.25) is 0 Å². The van der Waals surface area contributed by atoms with E-state index in [1.165, 1.54) is 0 Å². The summed E-state index contributed by atoms with van der Waals surface area (Å²) in [4.78, 5) is 14.1. The first-order valence-corrected chi connectivity index (χ1v) is 7.67. The first kappa shape index (κ1) is 16.9. The summed E-state index contributed by atoms with van der Waals surface area (Å²) >= 11 is 0. The fourth-order valence-corrected chi connectivity index (χ4v) is 2.98. The van der Waals surface area contributed by atoms with Gasteiger partial charge in [0.1, 0.15) is 6.61 Å². The van der Waals surface area contributed by atoms with E-state index >= 15 is 0 Å². The average molecular weight is 307 g/mol. The molecule has 1 aromatic rings. The van der Waals surface area contributed by atoms with Crippen LogP contribution in [-0.2, 0) is 9.47 Å². The summed E-state index contributed by atoms with van der Waals surface area (Å²) in [5, 5.41) is 9.48. The predicted molar refractivity (Wildman–Crippen MR) is 83.7 cm³/mol. The summed E-state index contributed by atoms with van der Waals surface area (Å²) in [5.41, 5.74) is 0.537. The fourth-order valence-electron chi connectivity index (χ4n) is 2.98. The van der Waals surface area contributed by atoms with Crippen LogP contribution in [0.5, 0.6) is 0 Å². The third kappa shape index (κ3) is 4.06. The van der Waals surface area contributed by atoms with Crippen molar-refractivity contribution in [2.45, 2.75) is 31.6 Å². The molecule has 1 aliphatic rings. The van der Waals surface area contributed by atoms with E-state index in [9.17, 15) is 9.90 Å². The lowest BCUT2D eigenvalue weighted by Crippen LogP contribution is -2.51. The van der Waals surface area contributed by atoms with Crippen LogP contribution in [0.3, 0.4) is 0 Å². The van der Waals surface area contributed by atoms with Crippen molar-refractivity contribution in [2.75, 3.05) is 27.3 Å². The Labute approximate surface area is 131 Å². The van der Waals surface area contributed by atoms with Crippen LogP contribution in [-0.4, -0.2) is 61.5 Å². The summed E-state index contributed by atoms with van der Waals surface area (Å²) in [6.45, 7) is 2.27. The Morgan fingerprint density at radius 2 is 2.05 bits per heavy atom. The summed E-state index contributed by atoms with van der Waals surface area (Å²) < 4.78 is 11.2. The van der Waals surface area contributed by atoms with Crippen molar-refractivity contribution in [3.8, 4) is 0 Å². The number of rotatable bonds is 5. The Morgan fingerprint density at radius 3 is 2.64 bits per heavy atom. The molecule has 1 fully saturated rings. The van der Waals surface area contributed by atoms with Gasteiger partial charge in [0, 0.05) is 12.0 Å². The number of carbonyl (C=O) groups is 1. The molecule has 0 radical (unpaired) electrons. The molecule has 5 heteroatoms. The first-order chi connectivity index (χ1) is 10.5. The van der Waals surface area contributed by atoms with Crippen LogP contribution in [0.4, 0.5) is 0 Å². The molecule has 1 heterocycles. The van der Waals surface area contributed by atoms with Gasteiger partial charge < -0.3 is 19.5 Å². The number of nitrogens with zero attached hydrogens (tertiary/aromatic N) is 1. The Kier molecular flexibility index (Phi) is 5.94. The number of aliphatic hydroxyl groups is 1. The molecule has 0 spiro atoms. The highest BCUT2D eigenvalue weighted by molar-refractivity contribution is 5.89. The van der Waals surface area contributed by atoms with Crippen LogP contribution in [0.2, 0.25) is 0 Å². The van der Waals surface area contributed by atoms with Crippen LogP contribution in [0.25, 0.3) is 0 Å². The molecule has 122 valence electrons. The molecule has 4 atom stereocenters. The van der Waals surface area contributed by atoms with E-state index in [0.717, 1.165) is 6.42 Å². The van der Waals surface area contributed by atoms with Gasteiger partial charge in [-0.1, -0.05) is 25.1 Å². The summed E-state index contributed by atoms with van der Waals surface area (Å²) in [6, 6.07) is 9.22. The molecule has 1 aromatic carbocycles. The molecule has 22 heavy (non-hydrogen) atoms. The van der Waals surface area contributed by atoms with Crippen LogP contribution >= 0.6 is 0 Å². The van der Waals surface area contributed by atoms with Crippen LogP contribution in [0, 0.1) is 5.92 Å². The minimum Gasteiger partial charge on any atom is -0.459 e. The van der Waals surface area contributed by atoms with Gasteiger partial charge in [-0.15, -0.1) is 0 Å². The van der Waals surface area contributed by atoms with E-state index in [2.05, 4.69) is 11.8 Å². The minimum absolute atomic E-state index is 0.0192. The zero-order valence-corrected chi connectivity index (χ0v) is 13.4. The van der Waals surface area contributed by atoms with Gasteiger partial charge in [0.25, 0.3) is 0 Å². The second-order valence-corrected chi connectivity index (χ2v) is 6.07. The lowest BCUT2D eigenvalue weighted by Gasteiger charge is -2.42. The van der Waals surface area contributed by atoms with E-state index in [1.54, 1.807) is 24.3 Å². The van der Waals surface area contributed by atoms with E-state index < -0.39 is 0 Å². The predicted octanol–water partition coefficient (Wildman–Crippen LogP) is 1.56. The molecule has 0 aromatic heterocycles. The van der Waals surface area contributed by atoms with Gasteiger partial charge in [0.15, 0.2) is 0 Å². The standard InChI is InChI=1S/C17H25NO4/c1-12-15(18(2)3)9-14(22-16(12)10-19)11-21-17(20)13-7-5-4-6-8-13/h4-8,12,14-16,19H,9-11H2,1-3H3/t12-,14+,15+,16+/m1/s1. The molecule has 0 bridgehead atoms. The van der Waals surface area contributed by atoms with E-state index in [1.807, 2.05) is 20.2 Å². The monoisotopic (exact) mass is 307 g/mol. The van der Waals surface area contributed by atoms with E-state index in [0.29, 0.717) is 11.6 Å². The largest absolute Gasteiger partial charge is 0.459 e. The molecule has 1 saturated heterocycles. The maximum Gasteiger partial charge on any atom is 0.338 e. The maximum absolute atomic E-state index is 12.0. The third-order valence-corrected chi connectivity index (χ3v) is 4.32. The molecule has 1 aliphatic heterocycles. The normalized spacial score (nSPS) is 28.6. The van der Waals surface area contributed by atoms with Crippen molar-refractivity contribution in [1.29, 1.82) is 0 Å². The van der Waals surface area contributed by atoms with Crippen LogP contribution < -0.4 is 0 Å². The number of esters is 1. The number of hydrogen-bond acceptors (Lipinski definition) is 5. The molecule has 0 aliphatic carbocycles. The fraction of sp³-hybridized carbons (Fsp3) is 0.588. The number of hydrogen-bond donors (Lipinski definition) is 1. The Bertz CT molecular complexity index is 477. The van der Waals surface area contributed by atoms with Crippen molar-refractivity contribution in [3.05, 3.63) is 35.9 Å². The molecule has 2 rings (SSSR count). The van der Waals surface area contributed by atoms with Crippen molar-refractivity contribution in [2.24, 2.45) is 5.92 Å². The Balaban J connectivity index is 1.93. The van der Waals surface area contributed by atoms with Crippen LogP contribution in [0.1, 0.15) is 23.7 Å². The molecular formula is C17H25NO4. The molecule has 0 amide bonds. The zero-order valence-electron chi connectivity index (χ0n) is 13.4. The van der Waals surface area contributed by atoms with E-state index in [-0.39, 0.29) is 37.3 Å². The highest BCUT2D eigenvalue weighted by Gasteiger charge is 2.37. The molecule has 0 unspecified atom stereocenters.